The number of para-hydroxylation sites is 1. The lowest BCUT2D eigenvalue weighted by Gasteiger charge is -2.06. The van der Waals surface area contributed by atoms with E-state index in [2.05, 4.69) is 0 Å². The molecule has 0 fully saturated rings. The molecule has 0 bridgehead atoms. The number of phenolic OH excluding ortho intramolecular Hbond substituents is 2. The van der Waals surface area contributed by atoms with Gasteiger partial charge >= 0.3 is 6.18 Å². The second kappa shape index (κ2) is 6.23. The molecule has 0 heterocycles. The summed E-state index contributed by atoms with van der Waals surface area (Å²) in [5, 5.41) is 17.2. The highest BCUT2D eigenvalue weighted by Crippen LogP contribution is 2.34. The minimum Gasteiger partial charge on any atom is -0.507 e. The SMILES string of the molecule is Oc1cc(F)ccc1F.Oc1ccccc1C(F)(F)F. The summed E-state index contributed by atoms with van der Waals surface area (Å²) in [6, 6.07) is 6.92. The monoisotopic (exact) mass is 292 g/mol. The molecule has 0 unspecified atom stereocenters. The van der Waals surface area contributed by atoms with Crippen molar-refractivity contribution in [2.45, 2.75) is 6.18 Å². The molecule has 0 amide bonds. The second-order valence-corrected chi connectivity index (χ2v) is 3.61. The molecule has 0 aliphatic carbocycles. The van der Waals surface area contributed by atoms with E-state index < -0.39 is 34.9 Å². The van der Waals surface area contributed by atoms with Crippen molar-refractivity contribution < 1.29 is 32.2 Å². The molecule has 108 valence electrons. The fraction of sp³-hybridized carbons (Fsp3) is 0.0769. The van der Waals surface area contributed by atoms with Gasteiger partial charge in [-0.15, -0.1) is 0 Å². The van der Waals surface area contributed by atoms with Crippen molar-refractivity contribution in [3.05, 3.63) is 59.7 Å². The van der Waals surface area contributed by atoms with Crippen molar-refractivity contribution in [1.82, 2.24) is 0 Å². The minimum absolute atomic E-state index is 0.645. The van der Waals surface area contributed by atoms with Crippen LogP contribution in [0.2, 0.25) is 0 Å². The van der Waals surface area contributed by atoms with Gasteiger partial charge in [-0.25, -0.2) is 8.78 Å². The predicted octanol–water partition coefficient (Wildman–Crippen LogP) is 4.08. The Labute approximate surface area is 110 Å². The quantitative estimate of drug-likeness (QED) is 0.718. The molecule has 7 heteroatoms. The Balaban J connectivity index is 0.000000204. The molecule has 2 aromatic rings. The van der Waals surface area contributed by atoms with Gasteiger partial charge in [0.1, 0.15) is 11.6 Å². The van der Waals surface area contributed by atoms with Crippen molar-refractivity contribution in [2.24, 2.45) is 0 Å². The fourth-order valence-electron chi connectivity index (χ4n) is 1.20. The van der Waals surface area contributed by atoms with Gasteiger partial charge in [0.2, 0.25) is 0 Å². The summed E-state index contributed by atoms with van der Waals surface area (Å²) in [6.07, 6.45) is -4.47. The van der Waals surface area contributed by atoms with Crippen LogP contribution in [0.25, 0.3) is 0 Å². The van der Waals surface area contributed by atoms with Crippen molar-refractivity contribution in [1.29, 1.82) is 0 Å². The molecular weight excluding hydrogens is 283 g/mol. The van der Waals surface area contributed by atoms with E-state index in [1.807, 2.05) is 0 Å². The minimum atomic E-state index is -4.47. The van der Waals surface area contributed by atoms with E-state index >= 15 is 0 Å². The average Bonchev–Trinajstić information content (AvgIpc) is 2.34. The molecule has 0 saturated heterocycles. The summed E-state index contributed by atoms with van der Waals surface area (Å²) in [7, 11) is 0. The molecule has 20 heavy (non-hydrogen) atoms. The Kier molecular flexibility index (Phi) is 4.90. The van der Waals surface area contributed by atoms with Gasteiger partial charge in [-0.05, 0) is 24.3 Å². The van der Waals surface area contributed by atoms with Crippen molar-refractivity contribution in [3.8, 4) is 11.5 Å². The summed E-state index contributed by atoms with van der Waals surface area (Å²) in [5.74, 6) is -2.85. The summed E-state index contributed by atoms with van der Waals surface area (Å²) in [5.41, 5.74) is -1.000. The van der Waals surface area contributed by atoms with E-state index in [1.165, 1.54) is 12.1 Å². The van der Waals surface area contributed by atoms with Crippen LogP contribution >= 0.6 is 0 Å². The Morgan fingerprint density at radius 3 is 1.80 bits per heavy atom. The number of hydrogen-bond acceptors (Lipinski definition) is 2. The molecule has 0 saturated carbocycles. The maximum atomic E-state index is 12.1. The van der Waals surface area contributed by atoms with Crippen LogP contribution in [0.1, 0.15) is 5.56 Å². The molecule has 2 N–H and O–H groups in total. The first-order valence-corrected chi connectivity index (χ1v) is 5.21. The molecule has 0 atom stereocenters. The predicted molar refractivity (Wildman–Crippen MR) is 61.1 cm³/mol. The van der Waals surface area contributed by atoms with Gasteiger partial charge in [-0.2, -0.15) is 13.2 Å². The maximum Gasteiger partial charge on any atom is 0.419 e. The van der Waals surface area contributed by atoms with E-state index in [0.29, 0.717) is 0 Å². The number of phenols is 2. The number of alkyl halides is 3. The Bertz CT molecular complexity index is 581. The second-order valence-electron chi connectivity index (χ2n) is 3.61. The van der Waals surface area contributed by atoms with Gasteiger partial charge < -0.3 is 10.2 Å². The number of benzene rings is 2. The lowest BCUT2D eigenvalue weighted by molar-refractivity contribution is -0.138. The van der Waals surface area contributed by atoms with E-state index in [9.17, 15) is 22.0 Å². The van der Waals surface area contributed by atoms with Crippen molar-refractivity contribution in [3.63, 3.8) is 0 Å². The first kappa shape index (κ1) is 15.7. The van der Waals surface area contributed by atoms with Crippen LogP contribution < -0.4 is 0 Å². The standard InChI is InChI=1S/C7H5F3O.C6H4F2O/c8-7(9,10)5-3-1-2-4-6(5)11;7-4-1-2-5(8)6(9)3-4/h1-4,11H;1-3,9H. The van der Waals surface area contributed by atoms with Crippen LogP contribution in [0.4, 0.5) is 22.0 Å². The van der Waals surface area contributed by atoms with Crippen molar-refractivity contribution in [2.75, 3.05) is 0 Å². The molecular formula is C13H9F5O2. The van der Waals surface area contributed by atoms with Gasteiger partial charge in [-0.1, -0.05) is 12.1 Å². The Morgan fingerprint density at radius 2 is 1.40 bits per heavy atom. The summed E-state index contributed by atoms with van der Waals surface area (Å²) in [4.78, 5) is 0. The third-order valence-corrected chi connectivity index (χ3v) is 2.12. The van der Waals surface area contributed by atoms with Crippen LogP contribution in [0.3, 0.4) is 0 Å². The van der Waals surface area contributed by atoms with Crippen LogP contribution in [0.5, 0.6) is 11.5 Å². The van der Waals surface area contributed by atoms with Gasteiger partial charge in [0.05, 0.1) is 5.56 Å². The normalized spacial score (nSPS) is 10.7. The molecule has 0 radical (unpaired) electrons. The lowest BCUT2D eigenvalue weighted by Crippen LogP contribution is -2.04. The Morgan fingerprint density at radius 1 is 0.800 bits per heavy atom. The molecule has 2 nitrogen and oxygen atoms in total. The first-order valence-electron chi connectivity index (χ1n) is 5.21. The zero-order chi connectivity index (χ0) is 15.3. The average molecular weight is 292 g/mol. The number of aromatic hydroxyl groups is 2. The van der Waals surface area contributed by atoms with Crippen LogP contribution in [-0.2, 0) is 6.18 Å². The molecule has 0 spiro atoms. The highest BCUT2D eigenvalue weighted by molar-refractivity contribution is 5.33. The van der Waals surface area contributed by atoms with E-state index in [0.717, 1.165) is 30.3 Å². The smallest absolute Gasteiger partial charge is 0.419 e. The summed E-state index contributed by atoms with van der Waals surface area (Å²) < 4.78 is 59.8. The summed E-state index contributed by atoms with van der Waals surface area (Å²) in [6.45, 7) is 0. The molecule has 2 rings (SSSR count). The largest absolute Gasteiger partial charge is 0.507 e. The van der Waals surface area contributed by atoms with Crippen LogP contribution in [0.15, 0.2) is 42.5 Å². The van der Waals surface area contributed by atoms with Gasteiger partial charge in [0.25, 0.3) is 0 Å². The zero-order valence-electron chi connectivity index (χ0n) is 9.83. The number of hydrogen-bond donors (Lipinski definition) is 2. The molecule has 0 aromatic heterocycles. The molecule has 0 aliphatic rings. The third-order valence-electron chi connectivity index (χ3n) is 2.12. The van der Waals surface area contributed by atoms with E-state index in [-0.39, 0.29) is 0 Å². The fourth-order valence-corrected chi connectivity index (χ4v) is 1.20. The van der Waals surface area contributed by atoms with Gasteiger partial charge in [0.15, 0.2) is 11.6 Å². The third kappa shape index (κ3) is 4.42. The first-order chi connectivity index (χ1) is 9.21. The number of rotatable bonds is 0. The van der Waals surface area contributed by atoms with Crippen LogP contribution in [-0.4, -0.2) is 10.2 Å². The lowest BCUT2D eigenvalue weighted by atomic mass is 10.2. The number of halogens is 5. The van der Waals surface area contributed by atoms with Gasteiger partial charge in [-0.3, -0.25) is 0 Å². The highest BCUT2D eigenvalue weighted by Gasteiger charge is 2.33. The maximum absolute atomic E-state index is 12.1. The molecule has 2 aromatic carbocycles. The van der Waals surface area contributed by atoms with E-state index in [1.54, 1.807) is 0 Å². The van der Waals surface area contributed by atoms with E-state index in [4.69, 9.17) is 10.2 Å². The summed E-state index contributed by atoms with van der Waals surface area (Å²) >= 11 is 0. The van der Waals surface area contributed by atoms with Gasteiger partial charge in [0, 0.05) is 6.07 Å². The topological polar surface area (TPSA) is 40.5 Å². The van der Waals surface area contributed by atoms with Crippen molar-refractivity contribution >= 4 is 0 Å². The highest BCUT2D eigenvalue weighted by atomic mass is 19.4. The van der Waals surface area contributed by atoms with Crippen LogP contribution in [0, 0.1) is 11.6 Å². The Hall–Kier alpha value is -2.31. The zero-order valence-corrected chi connectivity index (χ0v) is 9.83. The molecule has 0 aliphatic heterocycles.